The van der Waals surface area contributed by atoms with Gasteiger partial charge in [0.2, 0.25) is 5.95 Å². The number of benzene rings is 3. The molecule has 3 heterocycles. The van der Waals surface area contributed by atoms with E-state index < -0.39 is 6.10 Å². The molecular weight excluding hydrogens is 468 g/mol. The lowest BCUT2D eigenvalue weighted by Gasteiger charge is -2.39. The van der Waals surface area contributed by atoms with Gasteiger partial charge in [0.15, 0.2) is 11.5 Å². The summed E-state index contributed by atoms with van der Waals surface area (Å²) in [4.78, 5) is 4.51. The summed E-state index contributed by atoms with van der Waals surface area (Å²) in [6, 6.07) is 20.0. The number of anilines is 1. The Morgan fingerprint density at radius 1 is 0.946 bits per heavy atom. The maximum atomic E-state index is 6.75. The van der Waals surface area contributed by atoms with Crippen LogP contribution < -0.4 is 24.3 Å². The van der Waals surface area contributed by atoms with Crippen molar-refractivity contribution in [1.29, 1.82) is 0 Å². The largest absolute Gasteiger partial charge is 0.497 e. The van der Waals surface area contributed by atoms with E-state index in [-0.39, 0.29) is 6.04 Å². The molecule has 0 unspecified atom stereocenters. The molecule has 3 aromatic carbocycles. The average molecular weight is 497 g/mol. The van der Waals surface area contributed by atoms with Crippen molar-refractivity contribution in [2.24, 2.45) is 0 Å². The van der Waals surface area contributed by atoms with Crippen LogP contribution in [0.4, 0.5) is 5.95 Å². The second-order valence-electron chi connectivity index (χ2n) is 9.00. The summed E-state index contributed by atoms with van der Waals surface area (Å²) in [6.45, 7) is 4.59. The van der Waals surface area contributed by atoms with Crippen LogP contribution in [0.5, 0.6) is 23.0 Å². The highest BCUT2D eigenvalue weighted by atomic mass is 16.5. The molecule has 0 amide bonds. The minimum Gasteiger partial charge on any atom is -0.497 e. The number of fused-ring (bicyclic) bond motifs is 3. The van der Waals surface area contributed by atoms with Crippen molar-refractivity contribution in [3.63, 3.8) is 0 Å². The SMILES string of the molecule is CCOc1ccc([C@@H]2Oc3ccc(C)cc3C3=C2[C@H](c2ccc(OC)cc2)n2ncnc2N3)cc1OC. The maximum Gasteiger partial charge on any atom is 0.226 e. The summed E-state index contributed by atoms with van der Waals surface area (Å²) in [5, 5.41) is 8.15. The third-order valence-electron chi connectivity index (χ3n) is 6.79. The van der Waals surface area contributed by atoms with Gasteiger partial charge in [-0.3, -0.25) is 0 Å². The zero-order chi connectivity index (χ0) is 25.5. The molecule has 8 heteroatoms. The number of methoxy groups -OCH3 is 2. The predicted molar refractivity (Wildman–Crippen MR) is 140 cm³/mol. The predicted octanol–water partition coefficient (Wildman–Crippen LogP) is 5.56. The minimum absolute atomic E-state index is 0.254. The molecular formula is C29H28N4O4. The second kappa shape index (κ2) is 9.20. The first kappa shape index (κ1) is 23.0. The number of rotatable bonds is 6. The summed E-state index contributed by atoms with van der Waals surface area (Å²) in [5.74, 6) is 3.63. The number of nitrogens with one attached hydrogen (secondary N) is 1. The van der Waals surface area contributed by atoms with E-state index in [1.165, 1.54) is 0 Å². The van der Waals surface area contributed by atoms with Gasteiger partial charge in [-0.05, 0) is 55.8 Å². The van der Waals surface area contributed by atoms with Gasteiger partial charge in [-0.2, -0.15) is 10.1 Å². The molecule has 2 aliphatic rings. The Labute approximate surface area is 215 Å². The summed E-state index contributed by atoms with van der Waals surface area (Å²) >= 11 is 0. The summed E-state index contributed by atoms with van der Waals surface area (Å²) in [7, 11) is 3.31. The smallest absolute Gasteiger partial charge is 0.226 e. The van der Waals surface area contributed by atoms with Gasteiger partial charge >= 0.3 is 0 Å². The van der Waals surface area contributed by atoms with E-state index in [1.807, 2.05) is 48.0 Å². The first-order chi connectivity index (χ1) is 18.1. The summed E-state index contributed by atoms with van der Waals surface area (Å²) in [5.41, 5.74) is 6.14. The fourth-order valence-electron chi connectivity index (χ4n) is 5.09. The molecule has 1 aromatic heterocycles. The third kappa shape index (κ3) is 3.85. The van der Waals surface area contributed by atoms with E-state index >= 15 is 0 Å². The van der Waals surface area contributed by atoms with E-state index in [2.05, 4.69) is 46.6 Å². The van der Waals surface area contributed by atoms with Crippen molar-refractivity contribution < 1.29 is 18.9 Å². The highest BCUT2D eigenvalue weighted by molar-refractivity contribution is 5.85. The first-order valence-electron chi connectivity index (χ1n) is 12.2. The standard InChI is InChI=1S/C29H28N4O4/c1-5-36-23-13-9-19(15-24(23)35-4)28-25-26(21-14-17(2)6-12-22(21)37-28)32-29-30-16-31-33(29)27(25)18-7-10-20(34-3)11-8-18/h6-16,27-28H,5H2,1-4H3,(H,30,31,32)/t27-,28-/m0/s1. The van der Waals surface area contributed by atoms with Gasteiger partial charge in [-0.25, -0.2) is 4.68 Å². The molecule has 2 aliphatic heterocycles. The van der Waals surface area contributed by atoms with Gasteiger partial charge in [0.05, 0.1) is 26.5 Å². The van der Waals surface area contributed by atoms with Crippen molar-refractivity contribution >= 4 is 11.6 Å². The van der Waals surface area contributed by atoms with Gasteiger partial charge in [-0.1, -0.05) is 29.8 Å². The normalized spacial score (nSPS) is 17.6. The molecule has 0 saturated carbocycles. The Balaban J connectivity index is 1.58. The van der Waals surface area contributed by atoms with Crippen LogP contribution in [0.25, 0.3) is 5.70 Å². The highest BCUT2D eigenvalue weighted by Crippen LogP contribution is 2.51. The Bertz CT molecular complexity index is 1490. The number of aryl methyl sites for hydroxylation is 1. The molecule has 1 N–H and O–H groups in total. The van der Waals surface area contributed by atoms with Crippen molar-refractivity contribution in [1.82, 2.24) is 14.8 Å². The van der Waals surface area contributed by atoms with Gasteiger partial charge < -0.3 is 24.3 Å². The minimum atomic E-state index is -0.410. The molecule has 0 radical (unpaired) electrons. The van der Waals surface area contributed by atoms with Crippen LogP contribution >= 0.6 is 0 Å². The molecule has 0 fully saturated rings. The Morgan fingerprint density at radius 2 is 1.76 bits per heavy atom. The van der Waals surface area contributed by atoms with E-state index in [0.717, 1.165) is 45.0 Å². The van der Waals surface area contributed by atoms with E-state index in [0.29, 0.717) is 24.1 Å². The van der Waals surface area contributed by atoms with Crippen LogP contribution in [0.15, 0.2) is 72.6 Å². The van der Waals surface area contributed by atoms with E-state index in [9.17, 15) is 0 Å². The number of hydrogen-bond donors (Lipinski definition) is 1. The molecule has 37 heavy (non-hydrogen) atoms. The van der Waals surface area contributed by atoms with Crippen LogP contribution in [-0.2, 0) is 0 Å². The summed E-state index contributed by atoms with van der Waals surface area (Å²) in [6.07, 6.45) is 1.16. The molecule has 0 aliphatic carbocycles. The van der Waals surface area contributed by atoms with Crippen LogP contribution in [0, 0.1) is 6.92 Å². The van der Waals surface area contributed by atoms with Crippen LogP contribution in [0.3, 0.4) is 0 Å². The molecule has 0 saturated heterocycles. The van der Waals surface area contributed by atoms with E-state index in [4.69, 9.17) is 18.9 Å². The summed E-state index contributed by atoms with van der Waals surface area (Å²) < 4.78 is 25.5. The fraction of sp³-hybridized carbons (Fsp3) is 0.241. The molecule has 8 nitrogen and oxygen atoms in total. The molecule has 4 aromatic rings. The van der Waals surface area contributed by atoms with Crippen molar-refractivity contribution in [3.05, 3.63) is 94.8 Å². The van der Waals surface area contributed by atoms with Crippen LogP contribution in [-0.4, -0.2) is 35.6 Å². The Morgan fingerprint density at radius 3 is 2.51 bits per heavy atom. The lowest BCUT2D eigenvalue weighted by molar-refractivity contribution is 0.222. The zero-order valence-corrected chi connectivity index (χ0v) is 21.2. The zero-order valence-electron chi connectivity index (χ0n) is 21.2. The maximum absolute atomic E-state index is 6.75. The highest BCUT2D eigenvalue weighted by Gasteiger charge is 2.41. The Kier molecular flexibility index (Phi) is 5.71. The van der Waals surface area contributed by atoms with Crippen LogP contribution in [0.1, 0.15) is 41.3 Å². The number of nitrogens with zero attached hydrogens (tertiary/aromatic N) is 3. The topological polar surface area (TPSA) is 79.7 Å². The van der Waals surface area contributed by atoms with Gasteiger partial charge in [-0.15, -0.1) is 0 Å². The fourth-order valence-corrected chi connectivity index (χ4v) is 5.09. The molecule has 0 spiro atoms. The second-order valence-corrected chi connectivity index (χ2v) is 9.00. The molecule has 6 rings (SSSR count). The number of ether oxygens (including phenoxy) is 4. The quantitative estimate of drug-likeness (QED) is 0.374. The van der Waals surface area contributed by atoms with Crippen molar-refractivity contribution in [2.75, 3.05) is 26.1 Å². The van der Waals surface area contributed by atoms with Gasteiger partial charge in [0, 0.05) is 16.7 Å². The van der Waals surface area contributed by atoms with Gasteiger partial charge in [0.1, 0.15) is 30.0 Å². The lowest BCUT2D eigenvalue weighted by Crippen LogP contribution is -2.32. The molecule has 2 atom stereocenters. The average Bonchev–Trinajstić information content (AvgIpc) is 3.40. The van der Waals surface area contributed by atoms with E-state index in [1.54, 1.807) is 20.5 Å². The molecule has 188 valence electrons. The van der Waals surface area contributed by atoms with Gasteiger partial charge in [0.25, 0.3) is 0 Å². The monoisotopic (exact) mass is 496 g/mol. The van der Waals surface area contributed by atoms with Crippen molar-refractivity contribution in [3.8, 4) is 23.0 Å². The van der Waals surface area contributed by atoms with Crippen molar-refractivity contribution in [2.45, 2.75) is 26.0 Å². The number of aromatic nitrogens is 3. The third-order valence-corrected chi connectivity index (χ3v) is 6.79. The van der Waals surface area contributed by atoms with Crippen LogP contribution in [0.2, 0.25) is 0 Å². The Hall–Kier alpha value is -4.46. The molecule has 0 bridgehead atoms. The first-order valence-corrected chi connectivity index (χ1v) is 12.2. The lowest BCUT2D eigenvalue weighted by atomic mass is 9.84. The number of hydrogen-bond acceptors (Lipinski definition) is 7.